The molecule has 2 aliphatic heterocycles. The van der Waals surface area contributed by atoms with Crippen LogP contribution in [0.15, 0.2) is 16.4 Å². The number of hydrogen-bond acceptors (Lipinski definition) is 8. The van der Waals surface area contributed by atoms with Gasteiger partial charge in [-0.1, -0.05) is 18.7 Å². The van der Waals surface area contributed by atoms with E-state index in [4.69, 9.17) is 5.73 Å². The molecule has 11 nitrogen and oxygen atoms in total. The van der Waals surface area contributed by atoms with Crippen LogP contribution >= 0.6 is 11.8 Å². The maximum absolute atomic E-state index is 12.3. The topological polar surface area (TPSA) is 165 Å². The Kier molecular flexibility index (Phi) is 4.71. The largest absolute Gasteiger partial charge is 0.477 e. The molecule has 140 valence electrons. The number of tetrazole rings is 1. The summed E-state index contributed by atoms with van der Waals surface area (Å²) >= 11 is 1.16. The monoisotopic (exact) mass is 382 g/mol. The molecule has 0 bridgehead atoms. The van der Waals surface area contributed by atoms with E-state index in [1.165, 1.54) is 16.5 Å². The van der Waals surface area contributed by atoms with Gasteiger partial charge >= 0.3 is 5.97 Å². The Bertz CT molecular complexity index is 806. The molecule has 1 aromatic heterocycles. The molecule has 0 radical (unpaired) electrons. The van der Waals surface area contributed by atoms with Crippen molar-refractivity contribution in [1.29, 1.82) is 0 Å². The van der Waals surface area contributed by atoms with E-state index in [2.05, 4.69) is 15.5 Å². The van der Waals surface area contributed by atoms with Gasteiger partial charge in [0.15, 0.2) is 0 Å². The van der Waals surface area contributed by atoms with E-state index in [0.717, 1.165) is 11.8 Å². The van der Waals surface area contributed by atoms with Gasteiger partial charge in [-0.05, 0) is 22.9 Å². The number of thioether (sulfide) groups is 1. The quantitative estimate of drug-likeness (QED) is 0.374. The lowest BCUT2D eigenvalue weighted by Crippen LogP contribution is -2.63. The minimum absolute atomic E-state index is 0.0502. The van der Waals surface area contributed by atoms with E-state index in [0.29, 0.717) is 10.7 Å². The fraction of sp³-hybridized carbons (Fsp3) is 0.571. The third-order valence-corrected chi connectivity index (χ3v) is 5.69. The van der Waals surface area contributed by atoms with Gasteiger partial charge in [-0.25, -0.2) is 9.48 Å². The molecule has 26 heavy (non-hydrogen) atoms. The molecule has 0 aromatic carbocycles. The summed E-state index contributed by atoms with van der Waals surface area (Å²) in [5.74, 6) is -2.78. The number of carbonyl (C=O) groups is 3. The van der Waals surface area contributed by atoms with Gasteiger partial charge in [-0.15, -0.1) is 5.10 Å². The molecular formula is C14H18N6O5S. The number of carbonyl (C=O) groups excluding carboxylic acids is 2. The highest BCUT2D eigenvalue weighted by Gasteiger charge is 2.59. The SMILES string of the molecule is C[C@@H](O)[C@H]1C(=O)N2C(C(=O)O)=C(CSc3nnnn3CC(N)=O)[C@H](C)[C@H]12. The van der Waals surface area contributed by atoms with Crippen molar-refractivity contribution in [2.75, 3.05) is 5.75 Å². The van der Waals surface area contributed by atoms with E-state index >= 15 is 0 Å². The van der Waals surface area contributed by atoms with E-state index in [1.54, 1.807) is 0 Å². The number of rotatable bonds is 7. The molecule has 3 rings (SSSR count). The second-order valence-corrected chi connectivity index (χ2v) is 7.25. The van der Waals surface area contributed by atoms with Crippen molar-refractivity contribution in [3.8, 4) is 0 Å². The zero-order valence-corrected chi connectivity index (χ0v) is 14.9. The lowest BCUT2D eigenvalue weighted by Gasteiger charge is -2.46. The minimum Gasteiger partial charge on any atom is -0.477 e. The van der Waals surface area contributed by atoms with Crippen LogP contribution in [0.1, 0.15) is 13.8 Å². The van der Waals surface area contributed by atoms with Crippen molar-refractivity contribution >= 4 is 29.5 Å². The summed E-state index contributed by atoms with van der Waals surface area (Å²) in [6.45, 7) is 3.17. The molecule has 2 amide bonds. The van der Waals surface area contributed by atoms with Crippen LogP contribution in [0.3, 0.4) is 0 Å². The Morgan fingerprint density at radius 1 is 1.42 bits per heavy atom. The Labute approximate surface area is 152 Å². The number of aromatic nitrogens is 4. The Morgan fingerprint density at radius 3 is 2.69 bits per heavy atom. The summed E-state index contributed by atoms with van der Waals surface area (Å²) in [6.07, 6.45) is -0.851. The average molecular weight is 382 g/mol. The molecule has 4 N–H and O–H groups in total. The zero-order chi connectivity index (χ0) is 19.2. The standard InChI is InChI=1S/C14H18N6O5S/c1-5-7(4-26-14-16-17-18-19(14)3-8(15)22)11(13(24)25)20-10(5)9(6(2)21)12(20)23/h5-6,9-10,21H,3-4H2,1-2H3,(H2,15,22)(H,24,25)/t5-,6+,9+,10+/m0/s1. The number of aliphatic hydroxyl groups is 1. The van der Waals surface area contributed by atoms with E-state index in [9.17, 15) is 24.6 Å². The summed E-state index contributed by atoms with van der Waals surface area (Å²) in [5.41, 5.74) is 5.66. The Hall–Kier alpha value is -2.47. The number of primary amides is 1. The zero-order valence-electron chi connectivity index (χ0n) is 14.1. The molecule has 1 aromatic rings. The van der Waals surface area contributed by atoms with Gasteiger partial charge in [-0.2, -0.15) is 0 Å². The predicted molar refractivity (Wildman–Crippen MR) is 87.4 cm³/mol. The molecule has 0 unspecified atom stereocenters. The van der Waals surface area contributed by atoms with Crippen molar-refractivity contribution in [3.63, 3.8) is 0 Å². The first-order valence-corrected chi connectivity index (χ1v) is 8.87. The minimum atomic E-state index is -1.19. The lowest BCUT2D eigenvalue weighted by atomic mass is 9.78. The molecule has 0 saturated carbocycles. The first-order chi connectivity index (χ1) is 12.2. The molecule has 1 fully saturated rings. The van der Waals surface area contributed by atoms with Crippen LogP contribution in [0.2, 0.25) is 0 Å². The number of carboxylic acids is 1. The summed E-state index contributed by atoms with van der Waals surface area (Å²) in [5, 5.41) is 30.7. The van der Waals surface area contributed by atoms with Crippen molar-refractivity contribution in [3.05, 3.63) is 11.3 Å². The van der Waals surface area contributed by atoms with Crippen molar-refractivity contribution < 1.29 is 24.6 Å². The molecule has 12 heteroatoms. The van der Waals surface area contributed by atoms with Gasteiger partial charge in [-0.3, -0.25) is 9.59 Å². The molecule has 0 aliphatic carbocycles. The van der Waals surface area contributed by atoms with E-state index in [1.807, 2.05) is 6.92 Å². The van der Waals surface area contributed by atoms with Crippen LogP contribution in [0.4, 0.5) is 0 Å². The number of aliphatic hydroxyl groups excluding tert-OH is 1. The molecule has 1 saturated heterocycles. The number of aliphatic carboxylic acids is 1. The summed E-state index contributed by atoms with van der Waals surface area (Å²) in [4.78, 5) is 36.3. The van der Waals surface area contributed by atoms with Crippen LogP contribution in [0.5, 0.6) is 0 Å². The maximum atomic E-state index is 12.3. The second kappa shape index (κ2) is 6.68. The van der Waals surface area contributed by atoms with Crippen LogP contribution in [-0.2, 0) is 20.9 Å². The van der Waals surface area contributed by atoms with Gasteiger partial charge in [0, 0.05) is 11.7 Å². The smallest absolute Gasteiger partial charge is 0.352 e. The van der Waals surface area contributed by atoms with E-state index in [-0.39, 0.29) is 35.9 Å². The second-order valence-electron chi connectivity index (χ2n) is 6.31. The van der Waals surface area contributed by atoms with Gasteiger partial charge in [0.1, 0.15) is 12.2 Å². The molecular weight excluding hydrogens is 364 g/mol. The number of nitrogens with zero attached hydrogens (tertiary/aromatic N) is 5. The molecule has 0 spiro atoms. The van der Waals surface area contributed by atoms with Gasteiger partial charge in [0.05, 0.1) is 18.1 Å². The number of fused-ring (bicyclic) bond motifs is 1. The number of hydrogen-bond donors (Lipinski definition) is 3. The normalized spacial score (nSPS) is 25.9. The highest BCUT2D eigenvalue weighted by atomic mass is 32.2. The van der Waals surface area contributed by atoms with Gasteiger partial charge in [0.2, 0.25) is 17.0 Å². The summed E-state index contributed by atoms with van der Waals surface area (Å²) in [6, 6.07) is -0.370. The van der Waals surface area contributed by atoms with Crippen LogP contribution < -0.4 is 5.73 Å². The fourth-order valence-electron chi connectivity index (χ4n) is 3.52. The predicted octanol–water partition coefficient (Wildman–Crippen LogP) is -1.55. The Balaban J connectivity index is 1.83. The third kappa shape index (κ3) is 2.84. The summed E-state index contributed by atoms with van der Waals surface area (Å²) in [7, 11) is 0. The van der Waals surface area contributed by atoms with Crippen LogP contribution in [-0.4, -0.2) is 71.0 Å². The molecule has 3 heterocycles. The summed E-state index contributed by atoms with van der Waals surface area (Å²) < 4.78 is 1.23. The lowest BCUT2D eigenvalue weighted by molar-refractivity contribution is -0.163. The molecule has 2 aliphatic rings. The highest BCUT2D eigenvalue weighted by molar-refractivity contribution is 7.99. The number of amides is 2. The fourth-order valence-corrected chi connectivity index (χ4v) is 4.55. The molecule has 4 atom stereocenters. The highest BCUT2D eigenvalue weighted by Crippen LogP contribution is 2.48. The van der Waals surface area contributed by atoms with Crippen LogP contribution in [0.25, 0.3) is 0 Å². The Morgan fingerprint density at radius 2 is 2.12 bits per heavy atom. The maximum Gasteiger partial charge on any atom is 0.352 e. The first-order valence-electron chi connectivity index (χ1n) is 7.88. The first kappa shape index (κ1) is 18.3. The van der Waals surface area contributed by atoms with Crippen molar-refractivity contribution in [2.45, 2.75) is 37.7 Å². The van der Waals surface area contributed by atoms with Gasteiger partial charge in [0.25, 0.3) is 0 Å². The number of carboxylic acid groups (broad SMARTS) is 1. The van der Waals surface area contributed by atoms with Crippen LogP contribution in [0, 0.1) is 11.8 Å². The number of β-lactam (4-membered cyclic amide) rings is 1. The third-order valence-electron chi connectivity index (χ3n) is 4.68. The average Bonchev–Trinajstić information content (AvgIpc) is 3.05. The van der Waals surface area contributed by atoms with E-state index < -0.39 is 23.9 Å². The van der Waals surface area contributed by atoms with Crippen molar-refractivity contribution in [1.82, 2.24) is 25.1 Å². The van der Waals surface area contributed by atoms with Gasteiger partial charge < -0.3 is 20.8 Å². The number of nitrogens with two attached hydrogens (primary N) is 1. The van der Waals surface area contributed by atoms with Crippen molar-refractivity contribution in [2.24, 2.45) is 17.6 Å².